The summed E-state index contributed by atoms with van der Waals surface area (Å²) in [6, 6.07) is 4.52. The van der Waals surface area contributed by atoms with Crippen LogP contribution in [0.1, 0.15) is 6.92 Å². The molecule has 0 radical (unpaired) electrons. The molecule has 1 aromatic carbocycles. The van der Waals surface area contributed by atoms with E-state index in [-0.39, 0.29) is 5.82 Å². The zero-order chi connectivity index (χ0) is 11.5. The van der Waals surface area contributed by atoms with Gasteiger partial charge in [0.1, 0.15) is 5.82 Å². The van der Waals surface area contributed by atoms with Gasteiger partial charge in [0.25, 0.3) is 0 Å². The number of fused-ring (bicyclic) bond motifs is 1. The highest BCUT2D eigenvalue weighted by atomic mass is 35.5. The van der Waals surface area contributed by atoms with Gasteiger partial charge in [0.2, 0.25) is 5.95 Å². The second kappa shape index (κ2) is 4.70. The summed E-state index contributed by atoms with van der Waals surface area (Å²) in [4.78, 5) is 9.50. The molecule has 16 heavy (non-hydrogen) atoms. The molecule has 1 aromatic heterocycles. The predicted octanol–water partition coefficient (Wildman–Crippen LogP) is 2.77. The highest BCUT2D eigenvalue weighted by Gasteiger charge is 2.09. The third-order valence-electron chi connectivity index (χ3n) is 2.47. The van der Waals surface area contributed by atoms with Gasteiger partial charge in [-0.1, -0.05) is 0 Å². The number of hydrogen-bond donors (Lipinski definition) is 1. The van der Waals surface area contributed by atoms with Crippen molar-refractivity contribution < 1.29 is 4.39 Å². The maximum atomic E-state index is 13.0. The molecule has 1 heterocycles. The number of hydrogen-bond acceptors (Lipinski definition) is 2. The van der Waals surface area contributed by atoms with E-state index in [1.54, 1.807) is 6.07 Å². The maximum Gasteiger partial charge on any atom is 0.203 e. The smallest absolute Gasteiger partial charge is 0.203 e. The first-order valence-corrected chi connectivity index (χ1v) is 5.74. The molecule has 5 heteroatoms. The first-order chi connectivity index (χ1) is 7.74. The van der Waals surface area contributed by atoms with E-state index in [0.717, 1.165) is 24.6 Å². The van der Waals surface area contributed by atoms with E-state index < -0.39 is 0 Å². The molecule has 1 N–H and O–H groups in total. The van der Waals surface area contributed by atoms with Crippen LogP contribution in [0.4, 0.5) is 10.3 Å². The van der Waals surface area contributed by atoms with Crippen LogP contribution in [-0.4, -0.2) is 28.9 Å². The Labute approximate surface area is 98.2 Å². The second-order valence-corrected chi connectivity index (χ2v) is 3.87. The van der Waals surface area contributed by atoms with Crippen LogP contribution in [0.25, 0.3) is 11.0 Å². The summed E-state index contributed by atoms with van der Waals surface area (Å²) in [5.74, 6) is 1.02. The van der Waals surface area contributed by atoms with E-state index in [9.17, 15) is 4.39 Å². The molecule has 0 aliphatic heterocycles. The van der Waals surface area contributed by atoms with Gasteiger partial charge in [-0.25, -0.2) is 9.37 Å². The van der Waals surface area contributed by atoms with Crippen molar-refractivity contribution in [1.82, 2.24) is 9.97 Å². The Kier molecular flexibility index (Phi) is 3.29. The van der Waals surface area contributed by atoms with Crippen LogP contribution in [-0.2, 0) is 0 Å². The van der Waals surface area contributed by atoms with Crippen molar-refractivity contribution in [2.24, 2.45) is 0 Å². The number of anilines is 1. The van der Waals surface area contributed by atoms with Gasteiger partial charge in [-0.3, -0.25) is 0 Å². The number of rotatable bonds is 4. The number of H-pyrrole nitrogens is 1. The van der Waals surface area contributed by atoms with Gasteiger partial charge >= 0.3 is 0 Å². The van der Waals surface area contributed by atoms with Crippen LogP contribution >= 0.6 is 11.6 Å². The fourth-order valence-corrected chi connectivity index (χ4v) is 1.84. The summed E-state index contributed by atoms with van der Waals surface area (Å²) >= 11 is 5.71. The second-order valence-electron chi connectivity index (χ2n) is 3.49. The number of alkyl halides is 1. The Morgan fingerprint density at radius 2 is 2.31 bits per heavy atom. The lowest BCUT2D eigenvalue weighted by molar-refractivity contribution is 0.629. The third-order valence-corrected chi connectivity index (χ3v) is 2.64. The van der Waals surface area contributed by atoms with Crippen molar-refractivity contribution in [2.45, 2.75) is 6.92 Å². The minimum Gasteiger partial charge on any atom is -0.341 e. The van der Waals surface area contributed by atoms with Crippen molar-refractivity contribution in [3.05, 3.63) is 24.0 Å². The molecule has 2 aromatic rings. The van der Waals surface area contributed by atoms with Gasteiger partial charge < -0.3 is 9.88 Å². The van der Waals surface area contributed by atoms with Crippen LogP contribution in [0, 0.1) is 5.82 Å². The molecule has 0 unspecified atom stereocenters. The number of aromatic nitrogens is 2. The molecule has 0 aliphatic rings. The molecule has 0 amide bonds. The molecule has 0 spiro atoms. The molecule has 86 valence electrons. The van der Waals surface area contributed by atoms with Crippen LogP contribution < -0.4 is 4.90 Å². The molecule has 0 bridgehead atoms. The van der Waals surface area contributed by atoms with Crippen molar-refractivity contribution in [3.63, 3.8) is 0 Å². The Bertz CT molecular complexity index is 483. The van der Waals surface area contributed by atoms with Crippen LogP contribution in [0.15, 0.2) is 18.2 Å². The van der Waals surface area contributed by atoms with Crippen LogP contribution in [0.3, 0.4) is 0 Å². The van der Waals surface area contributed by atoms with E-state index in [0.29, 0.717) is 11.4 Å². The first kappa shape index (κ1) is 11.2. The van der Waals surface area contributed by atoms with Crippen molar-refractivity contribution >= 4 is 28.6 Å². The van der Waals surface area contributed by atoms with Gasteiger partial charge in [-0.2, -0.15) is 0 Å². The Hall–Kier alpha value is -1.29. The van der Waals surface area contributed by atoms with E-state index in [1.165, 1.54) is 12.1 Å². The quantitative estimate of drug-likeness (QED) is 0.835. The number of nitrogens with zero attached hydrogens (tertiary/aromatic N) is 2. The lowest BCUT2D eigenvalue weighted by Gasteiger charge is -2.17. The lowest BCUT2D eigenvalue weighted by Crippen LogP contribution is -2.25. The van der Waals surface area contributed by atoms with Gasteiger partial charge in [-0.05, 0) is 25.1 Å². The Balaban J connectivity index is 2.37. The van der Waals surface area contributed by atoms with E-state index in [4.69, 9.17) is 11.6 Å². The zero-order valence-electron chi connectivity index (χ0n) is 9.00. The Morgan fingerprint density at radius 1 is 1.50 bits per heavy atom. The largest absolute Gasteiger partial charge is 0.341 e. The average Bonchev–Trinajstić information content (AvgIpc) is 2.68. The minimum atomic E-state index is -0.261. The van der Waals surface area contributed by atoms with Gasteiger partial charge in [0.15, 0.2) is 0 Å². The average molecular weight is 242 g/mol. The van der Waals surface area contributed by atoms with Crippen molar-refractivity contribution in [2.75, 3.05) is 23.9 Å². The van der Waals surface area contributed by atoms with Crippen LogP contribution in [0.2, 0.25) is 0 Å². The summed E-state index contributed by atoms with van der Waals surface area (Å²) in [5.41, 5.74) is 1.48. The fourth-order valence-electron chi connectivity index (χ4n) is 1.63. The number of nitrogens with one attached hydrogen (secondary N) is 1. The number of imidazole rings is 1. The molecular formula is C11H13ClFN3. The number of aromatic amines is 1. The first-order valence-electron chi connectivity index (χ1n) is 5.20. The highest BCUT2D eigenvalue weighted by Crippen LogP contribution is 2.18. The molecule has 3 nitrogen and oxygen atoms in total. The maximum absolute atomic E-state index is 13.0. The number of benzene rings is 1. The summed E-state index contributed by atoms with van der Waals surface area (Å²) in [6.45, 7) is 3.57. The summed E-state index contributed by atoms with van der Waals surface area (Å²) < 4.78 is 13.0. The van der Waals surface area contributed by atoms with Crippen LogP contribution in [0.5, 0.6) is 0 Å². The molecule has 0 aliphatic carbocycles. The summed E-state index contributed by atoms with van der Waals surface area (Å²) in [5, 5.41) is 0. The molecule has 2 rings (SSSR count). The standard InChI is InChI=1S/C11H13ClFN3/c1-2-16(6-5-12)11-14-9-4-3-8(13)7-10(9)15-11/h3-4,7H,2,5-6H2,1H3,(H,14,15). The van der Waals surface area contributed by atoms with E-state index in [2.05, 4.69) is 9.97 Å². The van der Waals surface area contributed by atoms with Gasteiger partial charge in [0, 0.05) is 19.0 Å². The van der Waals surface area contributed by atoms with Gasteiger partial charge in [0.05, 0.1) is 11.0 Å². The van der Waals surface area contributed by atoms with Crippen molar-refractivity contribution in [3.8, 4) is 0 Å². The van der Waals surface area contributed by atoms with Gasteiger partial charge in [-0.15, -0.1) is 11.6 Å². The van der Waals surface area contributed by atoms with E-state index >= 15 is 0 Å². The molecule has 0 fully saturated rings. The molecule has 0 saturated carbocycles. The molecule has 0 saturated heterocycles. The summed E-state index contributed by atoms with van der Waals surface area (Å²) in [7, 11) is 0. The normalized spacial score (nSPS) is 10.9. The predicted molar refractivity (Wildman–Crippen MR) is 64.7 cm³/mol. The van der Waals surface area contributed by atoms with Crippen molar-refractivity contribution in [1.29, 1.82) is 0 Å². The highest BCUT2D eigenvalue weighted by molar-refractivity contribution is 6.18. The fraction of sp³-hybridized carbons (Fsp3) is 0.364. The Morgan fingerprint density at radius 3 is 3.00 bits per heavy atom. The lowest BCUT2D eigenvalue weighted by atomic mass is 10.3. The zero-order valence-corrected chi connectivity index (χ0v) is 9.76. The van der Waals surface area contributed by atoms with E-state index in [1.807, 2.05) is 11.8 Å². The molecular weight excluding hydrogens is 229 g/mol. The SMILES string of the molecule is CCN(CCCl)c1nc2ccc(F)cc2[nH]1. The topological polar surface area (TPSA) is 31.9 Å². The summed E-state index contributed by atoms with van der Waals surface area (Å²) in [6.07, 6.45) is 0. The molecule has 0 atom stereocenters. The minimum absolute atomic E-state index is 0.261. The third kappa shape index (κ3) is 2.11. The number of halogens is 2. The monoisotopic (exact) mass is 241 g/mol.